The summed E-state index contributed by atoms with van der Waals surface area (Å²) in [6.45, 7) is 3.99. The summed E-state index contributed by atoms with van der Waals surface area (Å²) in [6.07, 6.45) is 5.65. The number of hydrogen-bond acceptors (Lipinski definition) is 5. The van der Waals surface area contributed by atoms with Crippen molar-refractivity contribution in [2.75, 3.05) is 23.3 Å². The Bertz CT molecular complexity index is 1750. The molecule has 8 heteroatoms. The number of nitrogens with zero attached hydrogens (tertiary/aromatic N) is 3. The molecule has 1 N–H and O–H groups in total. The number of nitrogens with one attached hydrogen (secondary N) is 1. The molecule has 0 bridgehead atoms. The molecule has 0 radical (unpaired) electrons. The van der Waals surface area contributed by atoms with Crippen LogP contribution in [0.3, 0.4) is 0 Å². The summed E-state index contributed by atoms with van der Waals surface area (Å²) in [5, 5.41) is 3.56. The van der Waals surface area contributed by atoms with E-state index >= 15 is 0 Å². The average molecular weight is 569 g/mol. The van der Waals surface area contributed by atoms with Crippen molar-refractivity contribution in [3.8, 4) is 0 Å². The number of aromatic nitrogens is 1. The van der Waals surface area contributed by atoms with E-state index in [0.717, 1.165) is 24.2 Å². The highest BCUT2D eigenvalue weighted by atomic mass is 35.5. The molecule has 6 nitrogen and oxygen atoms in total. The van der Waals surface area contributed by atoms with Gasteiger partial charge in [0.25, 0.3) is 11.5 Å². The Morgan fingerprint density at radius 3 is 2.38 bits per heavy atom. The summed E-state index contributed by atoms with van der Waals surface area (Å²) < 4.78 is 2.20. The first-order valence-electron chi connectivity index (χ1n) is 13.5. The van der Waals surface area contributed by atoms with Gasteiger partial charge in [0.2, 0.25) is 0 Å². The maximum atomic E-state index is 13.9. The van der Waals surface area contributed by atoms with Crippen molar-refractivity contribution in [2.45, 2.75) is 32.2 Å². The number of halogens is 1. The molecular weight excluding hydrogens is 540 g/mol. The highest BCUT2D eigenvalue weighted by molar-refractivity contribution is 7.07. The average Bonchev–Trinajstić information content (AvgIpc) is 3.28. The Hall–Kier alpha value is -3.94. The molecule has 40 heavy (non-hydrogen) atoms. The van der Waals surface area contributed by atoms with Crippen molar-refractivity contribution >= 4 is 46.3 Å². The number of hydrogen-bond donors (Lipinski definition) is 1. The minimum Gasteiger partial charge on any atom is -0.372 e. The van der Waals surface area contributed by atoms with E-state index in [4.69, 9.17) is 16.6 Å². The summed E-state index contributed by atoms with van der Waals surface area (Å²) in [7, 11) is 0. The van der Waals surface area contributed by atoms with E-state index in [2.05, 4.69) is 34.5 Å². The van der Waals surface area contributed by atoms with E-state index in [1.165, 1.54) is 36.3 Å². The highest BCUT2D eigenvalue weighted by Crippen LogP contribution is 2.31. The van der Waals surface area contributed by atoms with Crippen LogP contribution >= 0.6 is 22.9 Å². The van der Waals surface area contributed by atoms with Gasteiger partial charge in [0.1, 0.15) is 0 Å². The molecule has 202 valence electrons. The molecule has 1 fully saturated rings. The molecular formula is C32H29ClN4O2S. The van der Waals surface area contributed by atoms with Crippen molar-refractivity contribution in [2.24, 2.45) is 4.99 Å². The fraction of sp³-hybridized carbons (Fsp3) is 0.219. The molecule has 2 aliphatic rings. The number of anilines is 2. The van der Waals surface area contributed by atoms with Crippen molar-refractivity contribution in [3.63, 3.8) is 0 Å². The minimum atomic E-state index is -0.638. The third kappa shape index (κ3) is 5.27. The SMILES string of the molecule is CC1=C(C(=O)Nc2ccccc2)[C@@H](c2ccc(Cl)cc2)n2c(s/c(=C/c3ccc(N4CCCCC4)cc3)c2=O)=N1. The van der Waals surface area contributed by atoms with Gasteiger partial charge >= 0.3 is 0 Å². The number of para-hydroxylation sites is 1. The molecule has 1 amide bonds. The standard InChI is InChI=1S/C32H29ClN4O2S/c1-21-28(30(38)35-25-8-4-2-5-9-25)29(23-12-14-24(33)15-13-23)37-31(39)27(40-32(37)34-21)20-22-10-16-26(17-11-22)36-18-6-3-7-19-36/h2,4-5,8-17,20,29H,3,6-7,18-19H2,1H3,(H,35,38)/b27-20+/t29-/m1/s1. The fourth-order valence-corrected chi connectivity index (χ4v) is 6.55. The van der Waals surface area contributed by atoms with Gasteiger partial charge in [-0.25, -0.2) is 4.99 Å². The smallest absolute Gasteiger partial charge is 0.271 e. The normalized spacial score (nSPS) is 17.4. The highest BCUT2D eigenvalue weighted by Gasteiger charge is 2.32. The number of thiazole rings is 1. The fourth-order valence-electron chi connectivity index (χ4n) is 5.38. The number of carbonyl (C=O) groups excluding carboxylic acids is 1. The first kappa shape index (κ1) is 26.3. The van der Waals surface area contributed by atoms with E-state index in [0.29, 0.717) is 31.3 Å². The second kappa shape index (κ2) is 11.3. The van der Waals surface area contributed by atoms with Gasteiger partial charge in [0.15, 0.2) is 4.80 Å². The van der Waals surface area contributed by atoms with Crippen LogP contribution in [0.5, 0.6) is 0 Å². The maximum absolute atomic E-state index is 13.9. The van der Waals surface area contributed by atoms with E-state index in [9.17, 15) is 9.59 Å². The Morgan fingerprint density at radius 1 is 0.975 bits per heavy atom. The third-order valence-electron chi connectivity index (χ3n) is 7.40. The number of amides is 1. The maximum Gasteiger partial charge on any atom is 0.271 e. The summed E-state index contributed by atoms with van der Waals surface area (Å²) in [5.74, 6) is -0.296. The predicted molar refractivity (Wildman–Crippen MR) is 163 cm³/mol. The van der Waals surface area contributed by atoms with Crippen LogP contribution in [0.1, 0.15) is 43.4 Å². The lowest BCUT2D eigenvalue weighted by atomic mass is 9.95. The number of benzene rings is 3. The van der Waals surface area contributed by atoms with Crippen LogP contribution in [-0.2, 0) is 4.79 Å². The zero-order valence-electron chi connectivity index (χ0n) is 22.1. The predicted octanol–water partition coefficient (Wildman–Crippen LogP) is 5.52. The van der Waals surface area contributed by atoms with Gasteiger partial charge < -0.3 is 10.2 Å². The van der Waals surface area contributed by atoms with Gasteiger partial charge in [0.05, 0.1) is 21.8 Å². The van der Waals surface area contributed by atoms with Gasteiger partial charge in [-0.1, -0.05) is 65.4 Å². The van der Waals surface area contributed by atoms with Crippen LogP contribution in [0, 0.1) is 0 Å². The summed E-state index contributed by atoms with van der Waals surface area (Å²) >= 11 is 7.53. The monoisotopic (exact) mass is 568 g/mol. The summed E-state index contributed by atoms with van der Waals surface area (Å²) in [5.41, 5.74) is 4.45. The van der Waals surface area contributed by atoms with Gasteiger partial charge in [-0.05, 0) is 79.8 Å². The van der Waals surface area contributed by atoms with Gasteiger partial charge in [-0.15, -0.1) is 0 Å². The van der Waals surface area contributed by atoms with Crippen molar-refractivity contribution < 1.29 is 4.79 Å². The molecule has 3 heterocycles. The molecule has 1 aromatic heterocycles. The quantitative estimate of drug-likeness (QED) is 0.345. The molecule has 0 aliphatic carbocycles. The van der Waals surface area contributed by atoms with Crippen molar-refractivity contribution in [1.82, 2.24) is 4.57 Å². The first-order valence-corrected chi connectivity index (χ1v) is 14.7. The number of carbonyl (C=O) groups is 1. The molecule has 0 spiro atoms. The Balaban J connectivity index is 1.41. The molecule has 2 aliphatic heterocycles. The molecule has 6 rings (SSSR count). The minimum absolute atomic E-state index is 0.179. The topological polar surface area (TPSA) is 66.7 Å². The van der Waals surface area contributed by atoms with Crippen LogP contribution in [0.25, 0.3) is 6.08 Å². The second-order valence-corrected chi connectivity index (χ2v) is 11.5. The van der Waals surface area contributed by atoms with E-state index in [1.54, 1.807) is 16.7 Å². The van der Waals surface area contributed by atoms with Crippen LogP contribution < -0.4 is 25.1 Å². The van der Waals surface area contributed by atoms with E-state index < -0.39 is 6.04 Å². The Labute approximate surface area is 241 Å². The molecule has 0 unspecified atom stereocenters. The molecule has 3 aromatic carbocycles. The lowest BCUT2D eigenvalue weighted by Crippen LogP contribution is -2.40. The van der Waals surface area contributed by atoms with Crippen LogP contribution in [0.2, 0.25) is 5.02 Å². The zero-order chi connectivity index (χ0) is 27.6. The van der Waals surface area contributed by atoms with E-state index in [-0.39, 0.29) is 11.5 Å². The molecule has 0 saturated carbocycles. The van der Waals surface area contributed by atoms with E-state index in [1.807, 2.05) is 55.5 Å². The third-order valence-corrected chi connectivity index (χ3v) is 8.63. The van der Waals surface area contributed by atoms with Crippen LogP contribution in [0.15, 0.2) is 99.9 Å². The van der Waals surface area contributed by atoms with Gasteiger partial charge in [0, 0.05) is 29.5 Å². The Morgan fingerprint density at radius 2 is 1.68 bits per heavy atom. The summed E-state index contributed by atoms with van der Waals surface area (Å²) in [6, 6.07) is 24.3. The zero-order valence-corrected chi connectivity index (χ0v) is 23.7. The number of piperidine rings is 1. The largest absolute Gasteiger partial charge is 0.372 e. The first-order chi connectivity index (χ1) is 19.5. The number of fused-ring (bicyclic) bond motifs is 1. The van der Waals surface area contributed by atoms with Crippen LogP contribution in [0.4, 0.5) is 11.4 Å². The van der Waals surface area contributed by atoms with Gasteiger partial charge in [-0.2, -0.15) is 0 Å². The lowest BCUT2D eigenvalue weighted by molar-refractivity contribution is -0.113. The Kier molecular flexibility index (Phi) is 7.41. The summed E-state index contributed by atoms with van der Waals surface area (Å²) in [4.78, 5) is 35.2. The molecule has 1 saturated heterocycles. The molecule has 1 atom stereocenters. The van der Waals surface area contributed by atoms with Crippen molar-refractivity contribution in [1.29, 1.82) is 0 Å². The van der Waals surface area contributed by atoms with Crippen LogP contribution in [-0.4, -0.2) is 23.6 Å². The lowest BCUT2D eigenvalue weighted by Gasteiger charge is -2.28. The second-order valence-electron chi connectivity index (χ2n) is 10.1. The molecule has 4 aromatic rings. The number of rotatable bonds is 5. The van der Waals surface area contributed by atoms with Gasteiger partial charge in [-0.3, -0.25) is 14.2 Å². The number of allylic oxidation sites excluding steroid dienone is 1. The van der Waals surface area contributed by atoms with Crippen molar-refractivity contribution in [3.05, 3.63) is 126 Å².